The summed E-state index contributed by atoms with van der Waals surface area (Å²) in [4.78, 5) is 0. The predicted molar refractivity (Wildman–Crippen MR) is 183 cm³/mol. The van der Waals surface area contributed by atoms with Crippen molar-refractivity contribution in [3.05, 3.63) is 132 Å². The Morgan fingerprint density at radius 1 is 0.447 bits per heavy atom. The summed E-state index contributed by atoms with van der Waals surface area (Å²) in [6.45, 7) is 17.0. The van der Waals surface area contributed by atoms with Gasteiger partial charge in [0.1, 0.15) is 11.5 Å². The first-order chi connectivity index (χ1) is 22.1. The zero-order valence-electron chi connectivity index (χ0n) is 28.9. The summed E-state index contributed by atoms with van der Waals surface area (Å²) >= 11 is 0. The zero-order chi connectivity index (χ0) is 34.0. The Hall–Kier alpha value is -3.70. The Morgan fingerprint density at radius 2 is 0.723 bits per heavy atom. The van der Waals surface area contributed by atoms with Gasteiger partial charge in [-0.15, -0.1) is 0 Å². The normalized spacial score (nSPS) is 31.2. The largest absolute Gasteiger partial charge is 0.453 e. The molecule has 2 saturated carbocycles. The summed E-state index contributed by atoms with van der Waals surface area (Å²) in [5, 5.41) is 0. The molecule has 47 heavy (non-hydrogen) atoms. The van der Waals surface area contributed by atoms with Crippen LogP contribution >= 0.6 is 0 Å². The molecule has 0 amide bonds. The molecule has 2 fully saturated rings. The highest BCUT2D eigenvalue weighted by molar-refractivity contribution is 5.39. The minimum absolute atomic E-state index is 0.277. The van der Waals surface area contributed by atoms with E-state index in [9.17, 15) is 0 Å². The lowest BCUT2D eigenvalue weighted by Crippen LogP contribution is -2.42. The van der Waals surface area contributed by atoms with Gasteiger partial charge < -0.3 is 14.2 Å². The number of hydrogen-bond acceptors (Lipinski definition) is 3. The third-order valence-corrected chi connectivity index (χ3v) is 13.7. The fraction of sp³-hybridized carbons (Fsp3) is 0.429. The SMILES string of the molecule is CC1(C)C(C)(COCC2(C)C(C)(C)C2(C)C(F)(Oc2ccccc2)c2ccccc2)C1(C)C(F)(Oc1ccccc1)c1ccccc1. The van der Waals surface area contributed by atoms with Crippen LogP contribution in [0.5, 0.6) is 11.5 Å². The zero-order valence-corrected chi connectivity index (χ0v) is 28.9. The number of rotatable bonds is 12. The highest BCUT2D eigenvalue weighted by Gasteiger charge is 2.88. The van der Waals surface area contributed by atoms with Gasteiger partial charge in [-0.1, -0.05) is 152 Å². The van der Waals surface area contributed by atoms with E-state index in [1.165, 1.54) is 0 Å². The average Bonchev–Trinajstić information content (AvgIpc) is 3.63. The molecule has 0 bridgehead atoms. The van der Waals surface area contributed by atoms with Crippen LogP contribution < -0.4 is 9.47 Å². The molecule has 0 radical (unpaired) electrons. The molecule has 0 aliphatic heterocycles. The van der Waals surface area contributed by atoms with Crippen molar-refractivity contribution in [2.24, 2.45) is 32.5 Å². The van der Waals surface area contributed by atoms with Crippen LogP contribution in [-0.4, -0.2) is 13.2 Å². The minimum atomic E-state index is -2.14. The molecule has 0 N–H and O–H groups in total. The molecular weight excluding hydrogens is 590 g/mol. The van der Waals surface area contributed by atoms with Crippen molar-refractivity contribution in [1.29, 1.82) is 0 Å². The van der Waals surface area contributed by atoms with E-state index in [1.54, 1.807) is 48.5 Å². The van der Waals surface area contributed by atoms with Crippen LogP contribution in [0.2, 0.25) is 0 Å². The highest BCUT2D eigenvalue weighted by Crippen LogP contribution is 2.86. The Morgan fingerprint density at radius 3 is 1.02 bits per heavy atom. The molecule has 0 saturated heterocycles. The van der Waals surface area contributed by atoms with Gasteiger partial charge in [-0.05, 0) is 35.1 Å². The summed E-state index contributed by atoms with van der Waals surface area (Å²) in [6, 6.07) is 36.6. The molecular formula is C42H48F2O3. The molecule has 3 nitrogen and oxygen atoms in total. The Balaban J connectivity index is 1.30. The number of benzene rings is 4. The fourth-order valence-corrected chi connectivity index (χ4v) is 9.02. The van der Waals surface area contributed by atoms with Crippen molar-refractivity contribution in [3.8, 4) is 11.5 Å². The van der Waals surface area contributed by atoms with E-state index in [2.05, 4.69) is 41.5 Å². The van der Waals surface area contributed by atoms with E-state index in [0.717, 1.165) is 0 Å². The lowest BCUT2D eigenvalue weighted by Gasteiger charge is -2.37. The van der Waals surface area contributed by atoms with Gasteiger partial charge >= 0.3 is 0 Å². The van der Waals surface area contributed by atoms with Crippen LogP contribution in [-0.2, 0) is 16.4 Å². The van der Waals surface area contributed by atoms with Crippen LogP contribution in [0.4, 0.5) is 8.78 Å². The van der Waals surface area contributed by atoms with E-state index in [4.69, 9.17) is 14.2 Å². The van der Waals surface area contributed by atoms with Gasteiger partial charge in [0.2, 0.25) is 0 Å². The maximum Gasteiger partial charge on any atom is 0.280 e. The Kier molecular flexibility index (Phi) is 7.71. The third-order valence-electron chi connectivity index (χ3n) is 13.7. The van der Waals surface area contributed by atoms with E-state index in [0.29, 0.717) is 22.6 Å². The molecule has 6 unspecified atom stereocenters. The summed E-state index contributed by atoms with van der Waals surface area (Å²) in [6.07, 6.45) is 0. The van der Waals surface area contributed by atoms with Gasteiger partial charge in [-0.25, -0.2) is 0 Å². The monoisotopic (exact) mass is 638 g/mol. The first-order valence-electron chi connectivity index (χ1n) is 16.6. The van der Waals surface area contributed by atoms with Crippen LogP contribution in [0, 0.1) is 32.5 Å². The molecule has 0 spiro atoms. The summed E-state index contributed by atoms with van der Waals surface area (Å²) in [5.41, 5.74) is -3.23. The third kappa shape index (κ3) is 4.31. The number of halogens is 2. The van der Waals surface area contributed by atoms with Crippen molar-refractivity contribution in [3.63, 3.8) is 0 Å². The highest BCUT2D eigenvalue weighted by atomic mass is 19.2. The molecule has 6 rings (SSSR count). The van der Waals surface area contributed by atoms with Gasteiger partial charge in [-0.2, -0.15) is 8.78 Å². The summed E-state index contributed by atoms with van der Waals surface area (Å²) in [5.74, 6) is -3.35. The fourth-order valence-electron chi connectivity index (χ4n) is 9.02. The molecule has 2 aliphatic rings. The first kappa shape index (κ1) is 33.2. The number of alkyl halides is 2. The molecule has 6 atom stereocenters. The van der Waals surface area contributed by atoms with E-state index in [1.807, 2.05) is 86.6 Å². The van der Waals surface area contributed by atoms with Crippen molar-refractivity contribution >= 4 is 0 Å². The standard InChI is InChI=1S/C42H48F2O3/c1-35(2)37(5,39(35,7)41(43,31-21-13-9-14-22-31)46-33-25-17-11-18-26-33)29-45-30-38(6)36(3,4)40(38,8)42(44,32-23-15-10-16-24-32)47-34-27-19-12-20-28-34/h9-28H,29-30H2,1-8H3. The number of para-hydroxylation sites is 2. The smallest absolute Gasteiger partial charge is 0.280 e. The van der Waals surface area contributed by atoms with Crippen molar-refractivity contribution < 1.29 is 23.0 Å². The molecule has 5 heteroatoms. The predicted octanol–water partition coefficient (Wildman–Crippen LogP) is 10.9. The Bertz CT molecular complexity index is 1570. The van der Waals surface area contributed by atoms with E-state index < -0.39 is 44.2 Å². The van der Waals surface area contributed by atoms with Gasteiger partial charge in [0.15, 0.2) is 0 Å². The maximum atomic E-state index is 17.9. The topological polar surface area (TPSA) is 27.7 Å². The lowest BCUT2D eigenvalue weighted by molar-refractivity contribution is -0.156. The minimum Gasteiger partial charge on any atom is -0.453 e. The van der Waals surface area contributed by atoms with Crippen LogP contribution in [0.15, 0.2) is 121 Å². The van der Waals surface area contributed by atoms with E-state index >= 15 is 8.78 Å². The first-order valence-corrected chi connectivity index (χ1v) is 16.6. The maximum absolute atomic E-state index is 17.9. The van der Waals surface area contributed by atoms with Crippen molar-refractivity contribution in [2.75, 3.05) is 13.2 Å². The van der Waals surface area contributed by atoms with Gasteiger partial charge in [0.05, 0.1) is 24.0 Å². The number of hydrogen-bond donors (Lipinski definition) is 0. The molecule has 0 heterocycles. The molecule has 0 aromatic heterocycles. The molecule has 2 aliphatic carbocycles. The second kappa shape index (κ2) is 10.9. The van der Waals surface area contributed by atoms with Crippen molar-refractivity contribution in [1.82, 2.24) is 0 Å². The van der Waals surface area contributed by atoms with E-state index in [-0.39, 0.29) is 13.2 Å². The van der Waals surface area contributed by atoms with Crippen LogP contribution in [0.1, 0.15) is 66.5 Å². The van der Waals surface area contributed by atoms with Crippen LogP contribution in [0.25, 0.3) is 0 Å². The summed E-state index contributed by atoms with van der Waals surface area (Å²) in [7, 11) is 0. The quantitative estimate of drug-likeness (QED) is 0.155. The lowest BCUT2D eigenvalue weighted by atomic mass is 9.82. The summed E-state index contributed by atoms with van der Waals surface area (Å²) < 4.78 is 55.1. The molecule has 248 valence electrons. The molecule has 4 aromatic carbocycles. The second-order valence-corrected chi connectivity index (χ2v) is 15.4. The second-order valence-electron chi connectivity index (χ2n) is 15.4. The van der Waals surface area contributed by atoms with Gasteiger partial charge in [0, 0.05) is 22.0 Å². The van der Waals surface area contributed by atoms with Gasteiger partial charge in [0.25, 0.3) is 11.7 Å². The van der Waals surface area contributed by atoms with Gasteiger partial charge in [-0.3, -0.25) is 0 Å². The Labute approximate surface area is 279 Å². The van der Waals surface area contributed by atoms with Crippen molar-refractivity contribution in [2.45, 2.75) is 67.1 Å². The van der Waals surface area contributed by atoms with Crippen LogP contribution in [0.3, 0.4) is 0 Å². The number of ether oxygens (including phenoxy) is 3. The molecule has 4 aromatic rings. The average molecular weight is 639 g/mol.